The van der Waals surface area contributed by atoms with Crippen molar-refractivity contribution < 1.29 is 9.15 Å². The fraction of sp³-hybridized carbons (Fsp3) is 0.750. The van der Waals surface area contributed by atoms with Crippen molar-refractivity contribution in [3.05, 3.63) is 17.8 Å². The molecule has 90 valence electrons. The van der Waals surface area contributed by atoms with Crippen molar-refractivity contribution in [3.63, 3.8) is 0 Å². The second-order valence-corrected chi connectivity index (χ2v) is 4.56. The fourth-order valence-corrected chi connectivity index (χ4v) is 1.45. The van der Waals surface area contributed by atoms with Gasteiger partial charge >= 0.3 is 0 Å². The Morgan fingerprint density at radius 2 is 2.38 bits per heavy atom. The van der Waals surface area contributed by atoms with Crippen molar-refractivity contribution in [3.8, 4) is 0 Å². The Balaban J connectivity index is 1.68. The smallest absolute Gasteiger partial charge is 0.195 e. The highest BCUT2D eigenvalue weighted by Gasteiger charge is 2.19. The summed E-state index contributed by atoms with van der Waals surface area (Å²) in [5.74, 6) is 1.62. The molecule has 2 rings (SSSR count). The summed E-state index contributed by atoms with van der Waals surface area (Å²) in [6, 6.07) is 0.749. The first kappa shape index (κ1) is 11.6. The highest BCUT2D eigenvalue weighted by Crippen LogP contribution is 2.18. The maximum atomic E-state index is 5.56. The maximum absolute atomic E-state index is 5.56. The molecule has 0 atom stereocenters. The fourth-order valence-electron chi connectivity index (χ4n) is 1.45. The van der Waals surface area contributed by atoms with Crippen LogP contribution >= 0.6 is 0 Å². The molecule has 0 aromatic carbocycles. The number of oxazole rings is 1. The monoisotopic (exact) mass is 224 g/mol. The van der Waals surface area contributed by atoms with Gasteiger partial charge in [0.25, 0.3) is 0 Å². The first-order chi connectivity index (χ1) is 7.74. The summed E-state index contributed by atoms with van der Waals surface area (Å²) >= 11 is 0. The van der Waals surface area contributed by atoms with E-state index in [0.717, 1.165) is 30.7 Å². The van der Waals surface area contributed by atoms with E-state index in [0.29, 0.717) is 6.61 Å². The van der Waals surface area contributed by atoms with Crippen molar-refractivity contribution in [2.45, 2.75) is 51.9 Å². The summed E-state index contributed by atoms with van der Waals surface area (Å²) in [5.41, 5.74) is 0. The van der Waals surface area contributed by atoms with Gasteiger partial charge in [0.1, 0.15) is 12.4 Å². The van der Waals surface area contributed by atoms with E-state index in [1.54, 1.807) is 6.20 Å². The Morgan fingerprint density at radius 3 is 3.06 bits per heavy atom. The van der Waals surface area contributed by atoms with Gasteiger partial charge in [0.15, 0.2) is 5.89 Å². The third-order valence-corrected chi connectivity index (χ3v) is 2.51. The Kier molecular flexibility index (Phi) is 3.96. The van der Waals surface area contributed by atoms with Crippen molar-refractivity contribution in [2.75, 3.05) is 6.54 Å². The second kappa shape index (κ2) is 5.46. The Hall–Kier alpha value is -0.870. The van der Waals surface area contributed by atoms with Crippen LogP contribution in [0.25, 0.3) is 0 Å². The zero-order valence-corrected chi connectivity index (χ0v) is 10.0. The SMILES string of the molecule is CC(C)OCc1cnc(CCNC2CC2)o1. The summed E-state index contributed by atoms with van der Waals surface area (Å²) in [6.07, 6.45) is 5.48. The zero-order chi connectivity index (χ0) is 11.4. The number of rotatable bonds is 7. The molecule has 1 aromatic rings. The van der Waals surface area contributed by atoms with Crippen molar-refractivity contribution >= 4 is 0 Å². The topological polar surface area (TPSA) is 47.3 Å². The van der Waals surface area contributed by atoms with Gasteiger partial charge in [-0.05, 0) is 26.7 Å². The molecule has 0 radical (unpaired) electrons. The van der Waals surface area contributed by atoms with Crippen molar-refractivity contribution in [1.82, 2.24) is 10.3 Å². The molecule has 4 nitrogen and oxygen atoms in total. The van der Waals surface area contributed by atoms with Gasteiger partial charge in [0.05, 0.1) is 12.3 Å². The minimum atomic E-state index is 0.227. The quantitative estimate of drug-likeness (QED) is 0.768. The minimum absolute atomic E-state index is 0.227. The molecule has 16 heavy (non-hydrogen) atoms. The average molecular weight is 224 g/mol. The molecule has 1 heterocycles. The average Bonchev–Trinajstić information content (AvgIpc) is 2.94. The summed E-state index contributed by atoms with van der Waals surface area (Å²) in [6.45, 7) is 5.49. The van der Waals surface area contributed by atoms with Crippen LogP contribution in [0.5, 0.6) is 0 Å². The van der Waals surface area contributed by atoms with Gasteiger partial charge in [0.2, 0.25) is 0 Å². The lowest BCUT2D eigenvalue weighted by Crippen LogP contribution is -2.19. The van der Waals surface area contributed by atoms with E-state index in [-0.39, 0.29) is 6.10 Å². The molecule has 0 unspecified atom stereocenters. The number of ether oxygens (including phenoxy) is 1. The van der Waals surface area contributed by atoms with Gasteiger partial charge in [-0.2, -0.15) is 0 Å². The molecular formula is C12H20N2O2. The van der Waals surface area contributed by atoms with Gasteiger partial charge in [-0.25, -0.2) is 4.98 Å². The number of aromatic nitrogens is 1. The lowest BCUT2D eigenvalue weighted by molar-refractivity contribution is 0.0539. The molecule has 1 aliphatic carbocycles. The number of hydrogen-bond donors (Lipinski definition) is 1. The third kappa shape index (κ3) is 3.94. The highest BCUT2D eigenvalue weighted by atomic mass is 16.5. The lowest BCUT2D eigenvalue weighted by Gasteiger charge is -2.03. The van der Waals surface area contributed by atoms with Gasteiger partial charge in [-0.1, -0.05) is 0 Å². The first-order valence-electron chi connectivity index (χ1n) is 6.02. The van der Waals surface area contributed by atoms with Gasteiger partial charge in [-0.3, -0.25) is 0 Å². The van der Waals surface area contributed by atoms with Crippen LogP contribution in [0, 0.1) is 0 Å². The van der Waals surface area contributed by atoms with Gasteiger partial charge in [-0.15, -0.1) is 0 Å². The van der Waals surface area contributed by atoms with Crippen LogP contribution in [-0.2, 0) is 17.8 Å². The molecule has 0 bridgehead atoms. The van der Waals surface area contributed by atoms with E-state index in [1.165, 1.54) is 12.8 Å². The van der Waals surface area contributed by atoms with Crippen LogP contribution in [0.3, 0.4) is 0 Å². The number of nitrogens with one attached hydrogen (secondary N) is 1. The molecule has 1 saturated carbocycles. The first-order valence-corrected chi connectivity index (χ1v) is 6.02. The number of nitrogens with zero attached hydrogens (tertiary/aromatic N) is 1. The molecular weight excluding hydrogens is 204 g/mol. The summed E-state index contributed by atoms with van der Waals surface area (Å²) in [4.78, 5) is 4.22. The van der Waals surface area contributed by atoms with Crippen LogP contribution in [0.2, 0.25) is 0 Å². The standard InChI is InChI=1S/C12H20N2O2/c1-9(2)15-8-11-7-14-12(16-11)5-6-13-10-3-4-10/h7,9-10,13H,3-6,8H2,1-2H3. The Morgan fingerprint density at radius 1 is 1.56 bits per heavy atom. The van der Waals surface area contributed by atoms with Crippen LogP contribution in [-0.4, -0.2) is 23.7 Å². The summed E-state index contributed by atoms with van der Waals surface area (Å²) in [7, 11) is 0. The normalized spacial score (nSPS) is 15.9. The van der Waals surface area contributed by atoms with Gasteiger partial charge < -0.3 is 14.5 Å². The molecule has 0 saturated heterocycles. The van der Waals surface area contributed by atoms with E-state index < -0.39 is 0 Å². The van der Waals surface area contributed by atoms with Crippen LogP contribution in [0.1, 0.15) is 38.3 Å². The van der Waals surface area contributed by atoms with E-state index in [1.807, 2.05) is 13.8 Å². The third-order valence-electron chi connectivity index (χ3n) is 2.51. The molecule has 1 fully saturated rings. The van der Waals surface area contributed by atoms with Gasteiger partial charge in [0, 0.05) is 19.0 Å². The number of hydrogen-bond acceptors (Lipinski definition) is 4. The Bertz CT molecular complexity index is 319. The zero-order valence-electron chi connectivity index (χ0n) is 10.0. The Labute approximate surface area is 96.4 Å². The molecule has 4 heteroatoms. The minimum Gasteiger partial charge on any atom is -0.443 e. The molecule has 0 spiro atoms. The highest BCUT2D eigenvalue weighted by molar-refractivity contribution is 4.93. The molecule has 1 aliphatic rings. The van der Waals surface area contributed by atoms with Crippen molar-refractivity contribution in [1.29, 1.82) is 0 Å². The van der Waals surface area contributed by atoms with E-state index in [4.69, 9.17) is 9.15 Å². The summed E-state index contributed by atoms with van der Waals surface area (Å²) in [5, 5.41) is 3.43. The maximum Gasteiger partial charge on any atom is 0.195 e. The van der Waals surface area contributed by atoms with Crippen LogP contribution in [0.15, 0.2) is 10.6 Å². The van der Waals surface area contributed by atoms with Crippen LogP contribution < -0.4 is 5.32 Å². The van der Waals surface area contributed by atoms with Crippen molar-refractivity contribution in [2.24, 2.45) is 0 Å². The lowest BCUT2D eigenvalue weighted by atomic mass is 10.4. The van der Waals surface area contributed by atoms with E-state index >= 15 is 0 Å². The largest absolute Gasteiger partial charge is 0.443 e. The molecule has 0 amide bonds. The molecule has 1 N–H and O–H groups in total. The molecule has 0 aliphatic heterocycles. The second-order valence-electron chi connectivity index (χ2n) is 4.56. The van der Waals surface area contributed by atoms with Crippen LogP contribution in [0.4, 0.5) is 0 Å². The summed E-state index contributed by atoms with van der Waals surface area (Å²) < 4.78 is 11.0. The van der Waals surface area contributed by atoms with E-state index in [2.05, 4.69) is 10.3 Å². The van der Waals surface area contributed by atoms with E-state index in [9.17, 15) is 0 Å². The predicted octanol–water partition coefficient (Wildman–Crippen LogP) is 1.89. The molecule has 1 aromatic heterocycles. The predicted molar refractivity (Wildman–Crippen MR) is 61.2 cm³/mol.